The molecule has 0 radical (unpaired) electrons. The maximum absolute atomic E-state index is 13.1. The summed E-state index contributed by atoms with van der Waals surface area (Å²) < 4.78 is 10.9. The minimum absolute atomic E-state index is 0.0888. The van der Waals surface area contributed by atoms with Crippen LogP contribution < -0.4 is 10.1 Å². The molecule has 182 valence electrons. The van der Waals surface area contributed by atoms with Crippen molar-refractivity contribution in [2.45, 2.75) is 63.7 Å². The first-order valence-corrected chi connectivity index (χ1v) is 13.6. The van der Waals surface area contributed by atoms with Gasteiger partial charge >= 0.3 is 5.97 Å². The number of alkyl halides is 1. The van der Waals surface area contributed by atoms with Crippen molar-refractivity contribution in [2.75, 3.05) is 24.9 Å². The molecule has 5 nitrogen and oxygen atoms in total. The highest BCUT2D eigenvalue weighted by Crippen LogP contribution is 2.63. The number of thiophene rings is 1. The number of methoxy groups -OCH3 is 1. The number of nitrogens with one attached hydrogen (secondary N) is 1. The zero-order valence-electron chi connectivity index (χ0n) is 20.0. The molecule has 4 atom stereocenters. The van der Waals surface area contributed by atoms with Gasteiger partial charge in [0.05, 0.1) is 19.3 Å². The fraction of sp³-hybridized carbons (Fsp3) is 0.556. The van der Waals surface area contributed by atoms with Gasteiger partial charge in [0, 0.05) is 17.2 Å². The van der Waals surface area contributed by atoms with Crippen molar-refractivity contribution in [1.82, 2.24) is 0 Å². The third-order valence-electron chi connectivity index (χ3n) is 8.33. The standard InChI is InChI=1S/C27H32ClNO4S/c1-4-33-26(31)23-24-21(34-25(23)29-22(30)10-12-28)14-20-19-7-5-15-13-16(32-3)6-8-17(15)18(19)9-11-27(20,24)2/h6,8,13,18-20H,4-5,7,9-12,14H2,1-3H3,(H,29,30). The summed E-state index contributed by atoms with van der Waals surface area (Å²) in [6, 6.07) is 6.57. The number of benzene rings is 1. The van der Waals surface area contributed by atoms with E-state index in [4.69, 9.17) is 21.1 Å². The van der Waals surface area contributed by atoms with Crippen molar-refractivity contribution >= 4 is 39.8 Å². The SMILES string of the molecule is CCOC(=O)c1c(NC(=O)CCCl)sc2c1C1(C)CCC3c4ccc(OC)cc4CCC3C1C2. The molecule has 1 fully saturated rings. The first-order valence-electron chi connectivity index (χ1n) is 12.3. The smallest absolute Gasteiger partial charge is 0.341 e. The molecular weight excluding hydrogens is 470 g/mol. The summed E-state index contributed by atoms with van der Waals surface area (Å²) in [6.07, 6.45) is 5.53. The van der Waals surface area contributed by atoms with Gasteiger partial charge in [0.2, 0.25) is 5.91 Å². The zero-order valence-corrected chi connectivity index (χ0v) is 21.6. The summed E-state index contributed by atoms with van der Waals surface area (Å²) in [7, 11) is 1.73. The monoisotopic (exact) mass is 501 g/mol. The second-order valence-electron chi connectivity index (χ2n) is 9.95. The molecule has 1 N–H and O–H groups in total. The molecule has 5 rings (SSSR count). The van der Waals surface area contributed by atoms with Crippen LogP contribution in [0.1, 0.15) is 77.4 Å². The molecule has 34 heavy (non-hydrogen) atoms. The van der Waals surface area contributed by atoms with E-state index < -0.39 is 0 Å². The van der Waals surface area contributed by atoms with E-state index in [0.717, 1.165) is 43.4 Å². The summed E-state index contributed by atoms with van der Waals surface area (Å²) in [4.78, 5) is 26.7. The van der Waals surface area contributed by atoms with Crippen LogP contribution in [0.5, 0.6) is 5.75 Å². The van der Waals surface area contributed by atoms with Gasteiger partial charge in [0.15, 0.2) is 0 Å². The minimum Gasteiger partial charge on any atom is -0.497 e. The minimum atomic E-state index is -0.328. The lowest BCUT2D eigenvalue weighted by atomic mass is 9.54. The number of esters is 1. The molecule has 0 aliphatic heterocycles. The average molecular weight is 502 g/mol. The lowest BCUT2D eigenvalue weighted by Gasteiger charge is -2.49. The maximum Gasteiger partial charge on any atom is 0.341 e. The van der Waals surface area contributed by atoms with Crippen molar-refractivity contribution in [1.29, 1.82) is 0 Å². The molecular formula is C27H32ClNO4S. The number of anilines is 1. The lowest BCUT2D eigenvalue weighted by Crippen LogP contribution is -2.43. The number of fused-ring (bicyclic) bond motifs is 7. The van der Waals surface area contributed by atoms with E-state index in [0.29, 0.717) is 34.9 Å². The molecule has 1 saturated carbocycles. The number of amides is 1. The largest absolute Gasteiger partial charge is 0.497 e. The van der Waals surface area contributed by atoms with Crippen molar-refractivity contribution in [2.24, 2.45) is 11.8 Å². The highest BCUT2D eigenvalue weighted by Gasteiger charge is 2.55. The van der Waals surface area contributed by atoms with Gasteiger partial charge in [-0.1, -0.05) is 13.0 Å². The van der Waals surface area contributed by atoms with Crippen molar-refractivity contribution < 1.29 is 19.1 Å². The number of hydrogen-bond acceptors (Lipinski definition) is 5. The van der Waals surface area contributed by atoms with Crippen molar-refractivity contribution in [3.8, 4) is 5.75 Å². The van der Waals surface area contributed by atoms with Gasteiger partial charge in [-0.15, -0.1) is 22.9 Å². The summed E-state index contributed by atoms with van der Waals surface area (Å²) in [6.45, 7) is 4.47. The van der Waals surface area contributed by atoms with E-state index in [9.17, 15) is 9.59 Å². The molecule has 0 spiro atoms. The van der Waals surface area contributed by atoms with Crippen molar-refractivity contribution in [3.05, 3.63) is 45.3 Å². The van der Waals surface area contributed by atoms with E-state index in [2.05, 4.69) is 30.4 Å². The molecule has 0 saturated heterocycles. The summed E-state index contributed by atoms with van der Waals surface area (Å²) >= 11 is 7.32. The van der Waals surface area contributed by atoms with Crippen LogP contribution in [0.4, 0.5) is 5.00 Å². The Morgan fingerprint density at radius 1 is 1.29 bits per heavy atom. The Morgan fingerprint density at radius 3 is 2.85 bits per heavy atom. The molecule has 1 aromatic carbocycles. The summed E-state index contributed by atoms with van der Waals surface area (Å²) in [5.41, 5.74) is 4.52. The fourth-order valence-electron chi connectivity index (χ4n) is 6.88. The fourth-order valence-corrected chi connectivity index (χ4v) is 8.45. The summed E-state index contributed by atoms with van der Waals surface area (Å²) in [5, 5.41) is 3.58. The highest BCUT2D eigenvalue weighted by molar-refractivity contribution is 7.17. The van der Waals surface area contributed by atoms with Gasteiger partial charge in [-0.25, -0.2) is 4.79 Å². The van der Waals surface area contributed by atoms with E-state index in [1.165, 1.54) is 16.0 Å². The third kappa shape index (κ3) is 3.74. The molecule has 1 aromatic heterocycles. The van der Waals surface area contributed by atoms with Gasteiger partial charge < -0.3 is 14.8 Å². The normalized spacial score (nSPS) is 26.6. The quantitative estimate of drug-likeness (QED) is 0.385. The molecule has 3 aliphatic rings. The Labute approximate surface area is 210 Å². The van der Waals surface area contributed by atoms with E-state index in [1.807, 2.05) is 6.92 Å². The number of aryl methyl sites for hydroxylation is 1. The van der Waals surface area contributed by atoms with E-state index >= 15 is 0 Å². The van der Waals surface area contributed by atoms with Crippen LogP contribution in [0.15, 0.2) is 18.2 Å². The Kier molecular flexibility index (Phi) is 6.40. The number of rotatable bonds is 6. The van der Waals surface area contributed by atoms with Crippen molar-refractivity contribution in [3.63, 3.8) is 0 Å². The van der Waals surface area contributed by atoms with Crippen LogP contribution in [-0.4, -0.2) is 31.5 Å². The topological polar surface area (TPSA) is 64.6 Å². The molecule has 1 amide bonds. The van der Waals surface area contributed by atoms with E-state index in [1.54, 1.807) is 18.4 Å². The average Bonchev–Trinajstić information content (AvgIpc) is 3.32. The van der Waals surface area contributed by atoms with Crippen LogP contribution >= 0.6 is 22.9 Å². The first kappa shape index (κ1) is 23.7. The number of carbonyl (C=O) groups is 2. The maximum atomic E-state index is 13.1. The molecule has 1 heterocycles. The van der Waals surface area contributed by atoms with Crippen LogP contribution in [0.3, 0.4) is 0 Å². The number of halogens is 1. The molecule has 2 aromatic rings. The first-order chi connectivity index (χ1) is 16.4. The van der Waals surface area contributed by atoms with Gasteiger partial charge in [0.1, 0.15) is 10.8 Å². The Hall–Kier alpha value is -2.05. The molecule has 7 heteroatoms. The van der Waals surface area contributed by atoms with Gasteiger partial charge in [-0.3, -0.25) is 4.79 Å². The van der Waals surface area contributed by atoms with Gasteiger partial charge in [-0.05, 0) is 91.0 Å². The number of ether oxygens (including phenoxy) is 2. The highest BCUT2D eigenvalue weighted by atomic mass is 35.5. The Morgan fingerprint density at radius 2 is 2.12 bits per heavy atom. The predicted molar refractivity (Wildman–Crippen MR) is 136 cm³/mol. The third-order valence-corrected chi connectivity index (χ3v) is 9.65. The number of hydrogen-bond donors (Lipinski definition) is 1. The predicted octanol–water partition coefficient (Wildman–Crippen LogP) is 6.07. The summed E-state index contributed by atoms with van der Waals surface area (Å²) in [5.74, 6) is 2.32. The van der Waals surface area contributed by atoms with Crippen LogP contribution in [0, 0.1) is 11.8 Å². The molecule has 4 unspecified atom stereocenters. The van der Waals surface area contributed by atoms with Crippen LogP contribution in [-0.2, 0) is 27.8 Å². The molecule has 0 bridgehead atoms. The second-order valence-corrected chi connectivity index (χ2v) is 11.4. The van der Waals surface area contributed by atoms with Gasteiger partial charge in [-0.2, -0.15) is 0 Å². The van der Waals surface area contributed by atoms with Crippen LogP contribution in [0.2, 0.25) is 0 Å². The second kappa shape index (κ2) is 9.19. The lowest BCUT2D eigenvalue weighted by molar-refractivity contribution is -0.115. The van der Waals surface area contributed by atoms with E-state index in [-0.39, 0.29) is 29.6 Å². The number of carbonyl (C=O) groups excluding carboxylic acids is 2. The van der Waals surface area contributed by atoms with Gasteiger partial charge in [0.25, 0.3) is 0 Å². The van der Waals surface area contributed by atoms with Crippen LogP contribution in [0.25, 0.3) is 0 Å². The Balaban J connectivity index is 1.50. The zero-order chi connectivity index (χ0) is 24.0. The Bertz CT molecular complexity index is 1130. The molecule has 3 aliphatic carbocycles.